The van der Waals surface area contributed by atoms with Crippen LogP contribution in [0.5, 0.6) is 0 Å². The largest absolute Gasteiger partial charge is 0.310 e. The van der Waals surface area contributed by atoms with E-state index in [9.17, 15) is 0 Å². The maximum atomic E-state index is 2.43. The summed E-state index contributed by atoms with van der Waals surface area (Å²) in [5.41, 5.74) is 22.1. The van der Waals surface area contributed by atoms with Gasteiger partial charge in [0.2, 0.25) is 0 Å². The van der Waals surface area contributed by atoms with Crippen LogP contribution in [0, 0.1) is 0 Å². The van der Waals surface area contributed by atoms with E-state index in [0.29, 0.717) is 0 Å². The first-order valence-electron chi connectivity index (χ1n) is 25.8. The Morgan fingerprint density at radius 1 is 0.213 bits per heavy atom. The van der Waals surface area contributed by atoms with Crippen LogP contribution in [-0.4, -0.2) is 9.13 Å². The van der Waals surface area contributed by atoms with Crippen molar-refractivity contribution in [3.63, 3.8) is 0 Å². The van der Waals surface area contributed by atoms with Gasteiger partial charge < -0.3 is 14.0 Å². The van der Waals surface area contributed by atoms with Crippen molar-refractivity contribution in [3.8, 4) is 67.0 Å². The molecule has 0 bridgehead atoms. The molecule has 0 aliphatic rings. The molecule has 352 valence electrons. The predicted octanol–water partition coefficient (Wildman–Crippen LogP) is 19.7. The van der Waals surface area contributed by atoms with Gasteiger partial charge in [-0.3, -0.25) is 0 Å². The number of hydrogen-bond acceptors (Lipinski definition) is 1. The van der Waals surface area contributed by atoms with Crippen LogP contribution >= 0.6 is 0 Å². The predicted molar refractivity (Wildman–Crippen MR) is 317 cm³/mol. The van der Waals surface area contributed by atoms with E-state index in [0.717, 1.165) is 45.1 Å². The Labute approximate surface area is 436 Å². The van der Waals surface area contributed by atoms with Gasteiger partial charge in [0.15, 0.2) is 0 Å². The van der Waals surface area contributed by atoms with E-state index in [1.165, 1.54) is 82.6 Å². The SMILES string of the molecule is c1ccc(-c2ccccc2-c2ccccc2-c2ccccc2N(c2ccc(-c3ccc4c(c3)c3ccccc3n4-c3ccccc3)cc2)c2ccc(-c3ccc4c5ccccc5n(-c5ccccc5)c4c3)cc2)cc1. The third-order valence-corrected chi connectivity index (χ3v) is 15.0. The summed E-state index contributed by atoms with van der Waals surface area (Å²) in [7, 11) is 0. The van der Waals surface area contributed by atoms with E-state index in [4.69, 9.17) is 0 Å². The van der Waals surface area contributed by atoms with Crippen LogP contribution < -0.4 is 4.90 Å². The molecule has 14 rings (SSSR count). The van der Waals surface area contributed by atoms with Crippen LogP contribution in [0.4, 0.5) is 17.1 Å². The van der Waals surface area contributed by atoms with E-state index < -0.39 is 0 Å². The molecule has 0 aliphatic carbocycles. The van der Waals surface area contributed by atoms with E-state index in [-0.39, 0.29) is 0 Å². The highest BCUT2D eigenvalue weighted by Gasteiger charge is 2.22. The van der Waals surface area contributed by atoms with Crippen molar-refractivity contribution in [3.05, 3.63) is 297 Å². The Bertz CT molecular complexity index is 4380. The fourth-order valence-electron chi connectivity index (χ4n) is 11.5. The van der Waals surface area contributed by atoms with Crippen LogP contribution in [0.1, 0.15) is 0 Å². The Morgan fingerprint density at radius 3 is 1.20 bits per heavy atom. The van der Waals surface area contributed by atoms with E-state index in [1.54, 1.807) is 0 Å². The molecule has 0 aliphatic heterocycles. The van der Waals surface area contributed by atoms with Crippen LogP contribution in [0.3, 0.4) is 0 Å². The molecule has 0 unspecified atom stereocenters. The highest BCUT2D eigenvalue weighted by molar-refractivity contribution is 6.11. The molecule has 0 amide bonds. The molecule has 75 heavy (non-hydrogen) atoms. The molecular weight excluding hydrogens is 907 g/mol. The zero-order valence-corrected chi connectivity index (χ0v) is 41.1. The van der Waals surface area contributed by atoms with Crippen LogP contribution in [-0.2, 0) is 0 Å². The van der Waals surface area contributed by atoms with Crippen molar-refractivity contribution in [2.24, 2.45) is 0 Å². The van der Waals surface area contributed by atoms with Gasteiger partial charge in [0, 0.05) is 49.9 Å². The zero-order valence-electron chi connectivity index (χ0n) is 41.1. The summed E-state index contributed by atoms with van der Waals surface area (Å²) in [6.07, 6.45) is 0. The topological polar surface area (TPSA) is 13.1 Å². The van der Waals surface area contributed by atoms with E-state index in [2.05, 4.69) is 311 Å². The standard InChI is InChI=1S/C72H49N3/c1-4-20-52(21-5-1)59-26-10-11-27-60(59)61-28-12-13-29-62(61)63-30-14-17-33-68(63)73(57-42-36-50(37-43-57)53-41-47-71-67(48-53)65-32-16-19-35-70(65)74(71)55-22-6-2-7-23-55)58-44-38-51(39-45-58)54-40-46-66-64-31-15-18-34-69(64)75(72(66)49-54)56-24-8-3-9-25-56/h1-49H. The summed E-state index contributed by atoms with van der Waals surface area (Å²) in [5, 5.41) is 4.97. The summed E-state index contributed by atoms with van der Waals surface area (Å²) < 4.78 is 4.77. The van der Waals surface area contributed by atoms with E-state index >= 15 is 0 Å². The van der Waals surface area contributed by atoms with Crippen LogP contribution in [0.15, 0.2) is 297 Å². The minimum absolute atomic E-state index is 1.07. The minimum atomic E-state index is 1.07. The highest BCUT2D eigenvalue weighted by atomic mass is 15.1. The molecule has 3 nitrogen and oxygen atoms in total. The van der Waals surface area contributed by atoms with Gasteiger partial charge >= 0.3 is 0 Å². The van der Waals surface area contributed by atoms with Gasteiger partial charge in [-0.15, -0.1) is 0 Å². The van der Waals surface area contributed by atoms with Gasteiger partial charge in [0.05, 0.1) is 27.8 Å². The number of rotatable bonds is 10. The molecule has 14 aromatic rings. The van der Waals surface area contributed by atoms with Crippen molar-refractivity contribution in [2.75, 3.05) is 4.90 Å². The second-order valence-electron chi connectivity index (χ2n) is 19.2. The maximum absolute atomic E-state index is 2.43. The van der Waals surface area contributed by atoms with Crippen molar-refractivity contribution in [1.82, 2.24) is 9.13 Å². The number of nitrogens with zero attached hydrogens (tertiary/aromatic N) is 3. The molecule has 0 saturated carbocycles. The highest BCUT2D eigenvalue weighted by Crippen LogP contribution is 2.46. The molecular formula is C72H49N3. The Kier molecular flexibility index (Phi) is 10.8. The van der Waals surface area contributed by atoms with Crippen molar-refractivity contribution >= 4 is 60.7 Å². The third-order valence-electron chi connectivity index (χ3n) is 15.0. The number of hydrogen-bond donors (Lipinski definition) is 0. The smallest absolute Gasteiger partial charge is 0.0547 e. The molecule has 0 atom stereocenters. The summed E-state index contributed by atoms with van der Waals surface area (Å²) >= 11 is 0. The number of fused-ring (bicyclic) bond motifs is 6. The zero-order chi connectivity index (χ0) is 49.7. The summed E-state index contributed by atoms with van der Waals surface area (Å²) in [6, 6.07) is 108. The van der Waals surface area contributed by atoms with Gasteiger partial charge in [-0.05, 0) is 135 Å². The first-order chi connectivity index (χ1) is 37.2. The van der Waals surface area contributed by atoms with Crippen molar-refractivity contribution < 1.29 is 0 Å². The Hall–Kier alpha value is -9.96. The minimum Gasteiger partial charge on any atom is -0.310 e. The van der Waals surface area contributed by atoms with E-state index in [1.807, 2.05) is 0 Å². The molecule has 0 fully saturated rings. The molecule has 2 heterocycles. The number of anilines is 3. The molecule has 2 aromatic heterocycles. The molecule has 12 aromatic carbocycles. The molecule has 0 radical (unpaired) electrons. The lowest BCUT2D eigenvalue weighted by Crippen LogP contribution is -2.11. The van der Waals surface area contributed by atoms with Gasteiger partial charge in [0.1, 0.15) is 0 Å². The van der Waals surface area contributed by atoms with Crippen molar-refractivity contribution in [1.29, 1.82) is 0 Å². The lowest BCUT2D eigenvalue weighted by Gasteiger charge is -2.29. The first kappa shape index (κ1) is 43.8. The van der Waals surface area contributed by atoms with Gasteiger partial charge in [-0.25, -0.2) is 0 Å². The summed E-state index contributed by atoms with van der Waals surface area (Å²) in [5.74, 6) is 0. The van der Waals surface area contributed by atoms with Crippen molar-refractivity contribution in [2.45, 2.75) is 0 Å². The lowest BCUT2D eigenvalue weighted by atomic mass is 9.88. The molecule has 0 N–H and O–H groups in total. The van der Waals surface area contributed by atoms with Gasteiger partial charge in [-0.1, -0.05) is 212 Å². The number of aromatic nitrogens is 2. The second kappa shape index (κ2) is 18.6. The fourth-order valence-corrected chi connectivity index (χ4v) is 11.5. The number of benzene rings is 12. The summed E-state index contributed by atoms with van der Waals surface area (Å²) in [6.45, 7) is 0. The fraction of sp³-hybridized carbons (Fsp3) is 0. The lowest BCUT2D eigenvalue weighted by molar-refractivity contribution is 1.18. The molecule has 0 spiro atoms. The quantitative estimate of drug-likeness (QED) is 0.133. The Morgan fingerprint density at radius 2 is 0.600 bits per heavy atom. The monoisotopic (exact) mass is 955 g/mol. The first-order valence-corrected chi connectivity index (χ1v) is 25.8. The Balaban J connectivity index is 0.901. The van der Waals surface area contributed by atoms with Gasteiger partial charge in [0.25, 0.3) is 0 Å². The average molecular weight is 956 g/mol. The normalized spacial score (nSPS) is 11.5. The second-order valence-corrected chi connectivity index (χ2v) is 19.2. The van der Waals surface area contributed by atoms with Crippen LogP contribution in [0.2, 0.25) is 0 Å². The molecule has 3 heteroatoms. The molecule has 0 saturated heterocycles. The maximum Gasteiger partial charge on any atom is 0.0547 e. The summed E-state index contributed by atoms with van der Waals surface area (Å²) in [4.78, 5) is 2.43. The third kappa shape index (κ3) is 7.69. The van der Waals surface area contributed by atoms with Crippen LogP contribution in [0.25, 0.3) is 111 Å². The average Bonchev–Trinajstić information content (AvgIpc) is 4.05. The van der Waals surface area contributed by atoms with Gasteiger partial charge in [-0.2, -0.15) is 0 Å². The number of para-hydroxylation sites is 5.